The molecule has 0 unspecified atom stereocenters. The summed E-state index contributed by atoms with van der Waals surface area (Å²) in [7, 11) is -4.21. The highest BCUT2D eigenvalue weighted by molar-refractivity contribution is 7.89. The van der Waals surface area contributed by atoms with E-state index in [1.807, 2.05) is 0 Å². The number of nitrogens with zero attached hydrogens (tertiary/aromatic N) is 1. The van der Waals surface area contributed by atoms with Crippen LogP contribution < -0.4 is 10.0 Å². The topological polar surface area (TPSA) is 121 Å². The molecule has 5 rings (SSSR count). The molecule has 0 radical (unpaired) electrons. The molecule has 2 amide bonds. The summed E-state index contributed by atoms with van der Waals surface area (Å²) in [6, 6.07) is 0.526. The summed E-state index contributed by atoms with van der Waals surface area (Å²) in [5.41, 5.74) is 7.87. The third-order valence-electron chi connectivity index (χ3n) is 6.71. The Morgan fingerprint density at radius 2 is 1.61 bits per heavy atom. The fourth-order valence-corrected chi connectivity index (χ4v) is 6.19. The largest absolute Gasteiger partial charge is 0.447 e. The van der Waals surface area contributed by atoms with Crippen LogP contribution in [0.4, 0.5) is 10.5 Å². The minimum absolute atomic E-state index is 0.352. The van der Waals surface area contributed by atoms with Crippen LogP contribution in [0.15, 0.2) is 20.7 Å². The van der Waals surface area contributed by atoms with Crippen LogP contribution in [-0.2, 0) is 42.1 Å². The maximum Gasteiger partial charge on any atom is 0.333 e. The van der Waals surface area contributed by atoms with Gasteiger partial charge in [-0.05, 0) is 86.1 Å². The molecule has 164 valence electrons. The number of rotatable bonds is 3. The molecule has 0 aliphatic heterocycles. The van der Waals surface area contributed by atoms with Gasteiger partial charge >= 0.3 is 6.03 Å². The minimum atomic E-state index is -4.21. The molecule has 31 heavy (non-hydrogen) atoms. The monoisotopic (exact) mass is 443 g/mol. The van der Waals surface area contributed by atoms with E-state index in [0.29, 0.717) is 36.3 Å². The van der Waals surface area contributed by atoms with Crippen LogP contribution in [-0.4, -0.2) is 25.4 Å². The summed E-state index contributed by atoms with van der Waals surface area (Å²) in [5, 5.41) is 14.9. The van der Waals surface area contributed by atoms with Gasteiger partial charge in [0.1, 0.15) is 5.76 Å². The molecule has 0 spiro atoms. The van der Waals surface area contributed by atoms with Crippen LogP contribution in [0, 0.1) is 6.92 Å². The molecule has 3 aliphatic rings. The Morgan fingerprint density at radius 1 is 1.00 bits per heavy atom. The number of amides is 2. The number of sulfonamides is 1. The zero-order valence-corrected chi connectivity index (χ0v) is 18.2. The lowest BCUT2D eigenvalue weighted by Gasteiger charge is -2.19. The van der Waals surface area contributed by atoms with E-state index in [4.69, 9.17) is 9.62 Å². The van der Waals surface area contributed by atoms with Crippen LogP contribution >= 0.6 is 0 Å². The molecular formula is C22H25N3O5S. The predicted octanol–water partition coefficient (Wildman–Crippen LogP) is 3.59. The van der Waals surface area contributed by atoms with Crippen LogP contribution in [0.1, 0.15) is 64.8 Å². The lowest BCUT2D eigenvalue weighted by molar-refractivity contribution is 0.256. The normalized spacial score (nSPS) is 18.5. The number of anilines is 1. The Bertz CT molecular complexity index is 1190. The van der Waals surface area contributed by atoms with Gasteiger partial charge in [-0.2, -0.15) is 8.42 Å². The highest BCUT2D eigenvalue weighted by atomic mass is 32.2. The van der Waals surface area contributed by atoms with Crippen LogP contribution in [0.5, 0.6) is 0 Å². The van der Waals surface area contributed by atoms with Gasteiger partial charge in [0.05, 0.1) is 5.71 Å². The maximum absolute atomic E-state index is 12.8. The van der Waals surface area contributed by atoms with Crippen molar-refractivity contribution in [3.8, 4) is 0 Å². The zero-order chi connectivity index (χ0) is 21.8. The second-order valence-electron chi connectivity index (χ2n) is 8.48. The molecule has 2 aromatic rings. The van der Waals surface area contributed by atoms with Gasteiger partial charge in [0.15, 0.2) is 0 Å². The number of urea groups is 1. The number of fused-ring (bicyclic) bond motifs is 3. The quantitative estimate of drug-likeness (QED) is 0.494. The van der Waals surface area contributed by atoms with Crippen molar-refractivity contribution in [1.82, 2.24) is 4.72 Å². The zero-order valence-electron chi connectivity index (χ0n) is 17.4. The Kier molecular flexibility index (Phi) is 4.80. The van der Waals surface area contributed by atoms with Gasteiger partial charge in [0.2, 0.25) is 5.09 Å². The summed E-state index contributed by atoms with van der Waals surface area (Å²) < 4.78 is 33.2. The van der Waals surface area contributed by atoms with Gasteiger partial charge in [0, 0.05) is 23.7 Å². The lowest BCUT2D eigenvalue weighted by atomic mass is 9.93. The molecule has 9 heteroatoms. The van der Waals surface area contributed by atoms with E-state index in [0.717, 1.165) is 55.3 Å². The van der Waals surface area contributed by atoms with Crippen molar-refractivity contribution in [2.75, 3.05) is 5.32 Å². The Labute approximate surface area is 180 Å². The van der Waals surface area contributed by atoms with E-state index < -0.39 is 16.1 Å². The van der Waals surface area contributed by atoms with Crippen molar-refractivity contribution in [2.45, 2.75) is 69.8 Å². The van der Waals surface area contributed by atoms with Crippen molar-refractivity contribution in [2.24, 2.45) is 5.16 Å². The molecule has 1 aromatic carbocycles. The third kappa shape index (κ3) is 3.31. The fourth-order valence-electron chi connectivity index (χ4n) is 5.31. The second-order valence-corrected chi connectivity index (χ2v) is 10.1. The smallest absolute Gasteiger partial charge is 0.333 e. The first-order chi connectivity index (χ1) is 14.9. The number of nitrogens with one attached hydrogen (secondary N) is 2. The molecule has 1 aromatic heterocycles. The molecule has 3 aliphatic carbocycles. The highest BCUT2D eigenvalue weighted by Gasteiger charge is 2.31. The van der Waals surface area contributed by atoms with Gasteiger partial charge in [-0.15, -0.1) is 0 Å². The number of hydrogen-bond acceptors (Lipinski definition) is 6. The first-order valence-electron chi connectivity index (χ1n) is 10.7. The molecule has 0 bridgehead atoms. The van der Waals surface area contributed by atoms with Crippen molar-refractivity contribution in [1.29, 1.82) is 0 Å². The van der Waals surface area contributed by atoms with Crippen LogP contribution in [0.3, 0.4) is 0 Å². The second kappa shape index (κ2) is 7.40. The van der Waals surface area contributed by atoms with Gasteiger partial charge in [-0.3, -0.25) is 0 Å². The van der Waals surface area contributed by atoms with Crippen molar-refractivity contribution in [3.63, 3.8) is 0 Å². The summed E-state index contributed by atoms with van der Waals surface area (Å²) in [6.45, 7) is 2.16. The van der Waals surface area contributed by atoms with E-state index in [2.05, 4.69) is 22.1 Å². The van der Waals surface area contributed by atoms with Gasteiger partial charge in [-0.25, -0.2) is 9.52 Å². The Hall–Kier alpha value is -2.81. The van der Waals surface area contributed by atoms with E-state index >= 15 is 0 Å². The molecular weight excluding hydrogens is 418 g/mol. The average Bonchev–Trinajstić information content (AvgIpc) is 3.49. The summed E-state index contributed by atoms with van der Waals surface area (Å²) in [5.74, 6) is 0.453. The minimum Gasteiger partial charge on any atom is -0.447 e. The van der Waals surface area contributed by atoms with Gasteiger partial charge < -0.3 is 14.9 Å². The molecule has 0 atom stereocenters. The number of hydrogen-bond donors (Lipinski definition) is 3. The molecule has 0 saturated carbocycles. The molecule has 8 nitrogen and oxygen atoms in total. The molecule has 0 saturated heterocycles. The number of oxime groups is 1. The summed E-state index contributed by atoms with van der Waals surface area (Å²) >= 11 is 0. The number of carbonyl (C=O) groups is 1. The van der Waals surface area contributed by atoms with E-state index in [1.165, 1.54) is 22.8 Å². The highest BCUT2D eigenvalue weighted by Crippen LogP contribution is 2.41. The molecule has 3 N–H and O–H groups in total. The van der Waals surface area contributed by atoms with Crippen LogP contribution in [0.25, 0.3) is 0 Å². The first kappa shape index (κ1) is 20.1. The standard InChI is InChI=1S/C22H25N3O5S/c1-12-13-5-2-7-15(13)21(16-8-3-6-14(12)16)23-22(26)25-31(28,29)20-11-17-18(24-27)9-4-10-19(17)30-20/h11,27H,2-10H2,1H3,(H2,23,25,26)/b24-18+. The summed E-state index contributed by atoms with van der Waals surface area (Å²) in [6.07, 6.45) is 7.65. The van der Waals surface area contributed by atoms with Crippen molar-refractivity contribution in [3.05, 3.63) is 45.2 Å². The summed E-state index contributed by atoms with van der Waals surface area (Å²) in [4.78, 5) is 12.7. The SMILES string of the molecule is Cc1c2c(c(NC(=O)NS(=O)(=O)c3cc4c(o3)CCC/C4=N\O)c3c1CCC3)CCC2. The van der Waals surface area contributed by atoms with Crippen molar-refractivity contribution < 1.29 is 22.8 Å². The average molecular weight is 444 g/mol. The molecule has 0 fully saturated rings. The number of carbonyl (C=O) groups excluding carboxylic acids is 1. The Morgan fingerprint density at radius 3 is 2.26 bits per heavy atom. The van der Waals surface area contributed by atoms with Gasteiger partial charge in [0.25, 0.3) is 10.0 Å². The van der Waals surface area contributed by atoms with E-state index in [-0.39, 0.29) is 5.09 Å². The maximum atomic E-state index is 12.8. The number of benzene rings is 1. The first-order valence-corrected chi connectivity index (χ1v) is 12.2. The van der Waals surface area contributed by atoms with Gasteiger partial charge in [-0.1, -0.05) is 5.16 Å². The fraction of sp³-hybridized carbons (Fsp3) is 0.455. The molecule has 1 heterocycles. The van der Waals surface area contributed by atoms with Crippen molar-refractivity contribution >= 4 is 27.5 Å². The third-order valence-corrected chi connectivity index (χ3v) is 7.90. The van der Waals surface area contributed by atoms with E-state index in [9.17, 15) is 13.2 Å². The Balaban J connectivity index is 1.42. The van der Waals surface area contributed by atoms with Crippen LogP contribution in [0.2, 0.25) is 0 Å². The van der Waals surface area contributed by atoms with E-state index in [1.54, 1.807) is 0 Å². The predicted molar refractivity (Wildman–Crippen MR) is 115 cm³/mol. The number of aryl methyl sites for hydroxylation is 1. The number of furan rings is 1. The lowest BCUT2D eigenvalue weighted by Crippen LogP contribution is -2.34.